The lowest BCUT2D eigenvalue weighted by molar-refractivity contribution is -0.120. The summed E-state index contributed by atoms with van der Waals surface area (Å²) >= 11 is 0. The van der Waals surface area contributed by atoms with E-state index in [4.69, 9.17) is 0 Å². The van der Waals surface area contributed by atoms with Crippen LogP contribution in [0.4, 0.5) is 5.69 Å². The summed E-state index contributed by atoms with van der Waals surface area (Å²) in [6.07, 6.45) is 3.48. The summed E-state index contributed by atoms with van der Waals surface area (Å²) in [6, 6.07) is 6.39. The summed E-state index contributed by atoms with van der Waals surface area (Å²) < 4.78 is 0. The molecule has 1 saturated carbocycles. The van der Waals surface area contributed by atoms with Gasteiger partial charge >= 0.3 is 0 Å². The molecule has 92 valence electrons. The molecule has 0 saturated heterocycles. The first kappa shape index (κ1) is 11.9. The molecule has 4 heteroatoms. The van der Waals surface area contributed by atoms with Gasteiger partial charge in [0.2, 0.25) is 5.91 Å². The maximum absolute atomic E-state index is 11.7. The Labute approximate surface area is 100 Å². The number of anilines is 1. The van der Waals surface area contributed by atoms with Gasteiger partial charge in [-0.25, -0.2) is 0 Å². The molecule has 1 aromatic rings. The average molecular weight is 235 g/mol. The van der Waals surface area contributed by atoms with Crippen LogP contribution in [0.25, 0.3) is 0 Å². The second kappa shape index (κ2) is 4.75. The van der Waals surface area contributed by atoms with Crippen molar-refractivity contribution in [2.45, 2.75) is 37.7 Å². The van der Waals surface area contributed by atoms with Crippen LogP contribution in [0.5, 0.6) is 5.75 Å². The standard InChI is InChI=1S/C13H17NO3/c15-11-5-3-4-10(8-11)14-12(16)9-13(17)6-1-2-7-13/h3-5,8,15,17H,1-2,6-7,9H2,(H,14,16). The third-order valence-electron chi connectivity index (χ3n) is 3.15. The van der Waals surface area contributed by atoms with E-state index >= 15 is 0 Å². The normalized spacial score (nSPS) is 17.9. The molecule has 2 rings (SSSR count). The first-order chi connectivity index (χ1) is 8.07. The summed E-state index contributed by atoms with van der Waals surface area (Å²) in [7, 11) is 0. The Hall–Kier alpha value is -1.55. The molecular formula is C13H17NO3. The number of hydrogen-bond donors (Lipinski definition) is 3. The largest absolute Gasteiger partial charge is 0.508 e. The van der Waals surface area contributed by atoms with Gasteiger partial charge in [0.25, 0.3) is 0 Å². The topological polar surface area (TPSA) is 69.6 Å². The highest BCUT2D eigenvalue weighted by Gasteiger charge is 2.33. The minimum Gasteiger partial charge on any atom is -0.508 e. The lowest BCUT2D eigenvalue weighted by atomic mass is 9.97. The fourth-order valence-electron chi connectivity index (χ4n) is 2.30. The molecule has 0 unspecified atom stereocenters. The molecule has 17 heavy (non-hydrogen) atoms. The van der Waals surface area contributed by atoms with Crippen LogP contribution in [0.2, 0.25) is 0 Å². The van der Waals surface area contributed by atoms with Crippen molar-refractivity contribution in [3.8, 4) is 5.75 Å². The molecule has 0 radical (unpaired) electrons. The van der Waals surface area contributed by atoms with Gasteiger partial charge in [0.1, 0.15) is 5.75 Å². The maximum Gasteiger partial charge on any atom is 0.227 e. The van der Waals surface area contributed by atoms with Gasteiger partial charge in [-0.2, -0.15) is 0 Å². The van der Waals surface area contributed by atoms with Crippen LogP contribution in [0.15, 0.2) is 24.3 Å². The van der Waals surface area contributed by atoms with Crippen molar-refractivity contribution in [3.05, 3.63) is 24.3 Å². The van der Waals surface area contributed by atoms with Crippen LogP contribution in [0.3, 0.4) is 0 Å². The first-order valence-corrected chi connectivity index (χ1v) is 5.89. The Morgan fingerprint density at radius 1 is 1.35 bits per heavy atom. The molecule has 0 spiro atoms. The zero-order chi connectivity index (χ0) is 12.3. The van der Waals surface area contributed by atoms with E-state index in [1.165, 1.54) is 6.07 Å². The number of aromatic hydroxyl groups is 1. The minimum absolute atomic E-state index is 0.113. The first-order valence-electron chi connectivity index (χ1n) is 5.89. The molecule has 1 aliphatic carbocycles. The van der Waals surface area contributed by atoms with Crippen LogP contribution in [0.1, 0.15) is 32.1 Å². The van der Waals surface area contributed by atoms with E-state index in [9.17, 15) is 15.0 Å². The second-order valence-electron chi connectivity index (χ2n) is 4.71. The highest BCUT2D eigenvalue weighted by molar-refractivity contribution is 5.91. The van der Waals surface area contributed by atoms with E-state index < -0.39 is 5.60 Å². The molecule has 0 aliphatic heterocycles. The molecule has 0 aromatic heterocycles. The summed E-state index contributed by atoms with van der Waals surface area (Å²) in [5.74, 6) is -0.0950. The van der Waals surface area contributed by atoms with E-state index in [0.29, 0.717) is 18.5 Å². The van der Waals surface area contributed by atoms with E-state index in [1.54, 1.807) is 18.2 Å². The number of phenols is 1. The van der Waals surface area contributed by atoms with Crippen LogP contribution in [-0.4, -0.2) is 21.7 Å². The van der Waals surface area contributed by atoms with Crippen molar-refractivity contribution in [3.63, 3.8) is 0 Å². The highest BCUT2D eigenvalue weighted by Crippen LogP contribution is 2.32. The number of benzene rings is 1. The van der Waals surface area contributed by atoms with E-state index in [2.05, 4.69) is 5.32 Å². The predicted molar refractivity (Wildman–Crippen MR) is 64.8 cm³/mol. The molecular weight excluding hydrogens is 218 g/mol. The quantitative estimate of drug-likeness (QED) is 0.750. The lowest BCUT2D eigenvalue weighted by Crippen LogP contribution is -2.30. The Balaban J connectivity index is 1.93. The Kier molecular flexibility index (Phi) is 3.33. The van der Waals surface area contributed by atoms with Gasteiger partial charge in [0, 0.05) is 11.8 Å². The van der Waals surface area contributed by atoms with Crippen molar-refractivity contribution in [2.24, 2.45) is 0 Å². The monoisotopic (exact) mass is 235 g/mol. The number of nitrogens with one attached hydrogen (secondary N) is 1. The van der Waals surface area contributed by atoms with Crippen LogP contribution >= 0.6 is 0 Å². The van der Waals surface area contributed by atoms with Crippen molar-refractivity contribution < 1.29 is 15.0 Å². The van der Waals surface area contributed by atoms with Gasteiger partial charge in [-0.05, 0) is 25.0 Å². The van der Waals surface area contributed by atoms with E-state index in [1.807, 2.05) is 0 Å². The van der Waals surface area contributed by atoms with Gasteiger partial charge in [-0.3, -0.25) is 4.79 Å². The molecule has 0 heterocycles. The van der Waals surface area contributed by atoms with Gasteiger partial charge in [-0.1, -0.05) is 18.9 Å². The summed E-state index contributed by atoms with van der Waals surface area (Å²) in [4.78, 5) is 11.7. The summed E-state index contributed by atoms with van der Waals surface area (Å²) in [6.45, 7) is 0. The van der Waals surface area contributed by atoms with Crippen LogP contribution in [-0.2, 0) is 4.79 Å². The van der Waals surface area contributed by atoms with E-state index in [-0.39, 0.29) is 18.1 Å². The zero-order valence-corrected chi connectivity index (χ0v) is 9.65. The van der Waals surface area contributed by atoms with Crippen LogP contribution < -0.4 is 5.32 Å². The second-order valence-corrected chi connectivity index (χ2v) is 4.71. The Bertz CT molecular complexity index is 411. The Morgan fingerprint density at radius 3 is 2.71 bits per heavy atom. The molecule has 3 N–H and O–H groups in total. The summed E-state index contributed by atoms with van der Waals surface area (Å²) in [5, 5.41) is 22.0. The molecule has 0 bridgehead atoms. The molecule has 4 nitrogen and oxygen atoms in total. The zero-order valence-electron chi connectivity index (χ0n) is 9.65. The van der Waals surface area contributed by atoms with Gasteiger partial charge < -0.3 is 15.5 Å². The van der Waals surface area contributed by atoms with Crippen molar-refractivity contribution in [1.29, 1.82) is 0 Å². The smallest absolute Gasteiger partial charge is 0.227 e. The number of amides is 1. The summed E-state index contributed by atoms with van der Waals surface area (Å²) in [5.41, 5.74) is -0.280. The number of hydrogen-bond acceptors (Lipinski definition) is 3. The molecule has 0 atom stereocenters. The number of carbonyl (C=O) groups excluding carboxylic acids is 1. The average Bonchev–Trinajstić information content (AvgIpc) is 2.64. The van der Waals surface area contributed by atoms with Crippen molar-refractivity contribution >= 4 is 11.6 Å². The fourth-order valence-corrected chi connectivity index (χ4v) is 2.30. The third-order valence-corrected chi connectivity index (χ3v) is 3.15. The number of carbonyl (C=O) groups is 1. The molecule has 1 fully saturated rings. The number of rotatable bonds is 3. The number of phenolic OH excluding ortho intramolecular Hbond substituents is 1. The van der Waals surface area contributed by atoms with Crippen molar-refractivity contribution in [2.75, 3.05) is 5.32 Å². The molecule has 1 aliphatic rings. The van der Waals surface area contributed by atoms with Gasteiger partial charge in [-0.15, -0.1) is 0 Å². The Morgan fingerprint density at radius 2 is 2.06 bits per heavy atom. The maximum atomic E-state index is 11.7. The number of aliphatic hydroxyl groups is 1. The minimum atomic E-state index is -0.832. The molecule has 1 aromatic carbocycles. The van der Waals surface area contributed by atoms with E-state index in [0.717, 1.165) is 12.8 Å². The van der Waals surface area contributed by atoms with Crippen LogP contribution in [0, 0.1) is 0 Å². The van der Waals surface area contributed by atoms with Crippen molar-refractivity contribution in [1.82, 2.24) is 0 Å². The molecule has 1 amide bonds. The predicted octanol–water partition coefficient (Wildman–Crippen LogP) is 2.03. The van der Waals surface area contributed by atoms with Gasteiger partial charge in [0.15, 0.2) is 0 Å². The highest BCUT2D eigenvalue weighted by atomic mass is 16.3. The van der Waals surface area contributed by atoms with Gasteiger partial charge in [0.05, 0.1) is 12.0 Å². The lowest BCUT2D eigenvalue weighted by Gasteiger charge is -2.21. The third kappa shape index (κ3) is 3.20. The SMILES string of the molecule is O=C(CC1(O)CCCC1)Nc1cccc(O)c1. The fraction of sp³-hybridized carbons (Fsp3) is 0.462.